The summed E-state index contributed by atoms with van der Waals surface area (Å²) >= 11 is 11.8. The van der Waals surface area contributed by atoms with Gasteiger partial charge in [0.1, 0.15) is 12.4 Å². The first kappa shape index (κ1) is 12.0. The standard InChI is InChI=1S/C12H8Cl2O3/c13-9-4-8-3-7(1-2-11(15)16)6-17-12(8)10(14)5-9/h1-5H,6H2,(H,15,16). The number of rotatable bonds is 2. The van der Waals surface area contributed by atoms with Gasteiger partial charge in [0.15, 0.2) is 0 Å². The van der Waals surface area contributed by atoms with Gasteiger partial charge in [0.25, 0.3) is 0 Å². The van der Waals surface area contributed by atoms with Crippen LogP contribution < -0.4 is 4.74 Å². The highest BCUT2D eigenvalue weighted by Crippen LogP contribution is 2.36. The molecule has 0 aliphatic carbocycles. The Kier molecular flexibility index (Phi) is 3.41. The average Bonchev–Trinajstić information content (AvgIpc) is 2.25. The van der Waals surface area contributed by atoms with Crippen LogP contribution in [0.2, 0.25) is 10.0 Å². The summed E-state index contributed by atoms with van der Waals surface area (Å²) in [5, 5.41) is 9.49. The Balaban J connectivity index is 2.37. The quantitative estimate of drug-likeness (QED) is 0.838. The fourth-order valence-electron chi connectivity index (χ4n) is 1.51. The zero-order valence-electron chi connectivity index (χ0n) is 8.61. The maximum Gasteiger partial charge on any atom is 0.328 e. The van der Waals surface area contributed by atoms with Gasteiger partial charge in [-0.3, -0.25) is 0 Å². The number of halogens is 2. The van der Waals surface area contributed by atoms with Crippen molar-refractivity contribution in [2.45, 2.75) is 0 Å². The normalized spacial score (nSPS) is 14.1. The molecule has 5 heteroatoms. The number of hydrogen-bond donors (Lipinski definition) is 1. The summed E-state index contributed by atoms with van der Waals surface area (Å²) in [6.45, 7) is 0.290. The van der Waals surface area contributed by atoms with Gasteiger partial charge in [-0.2, -0.15) is 0 Å². The topological polar surface area (TPSA) is 46.5 Å². The molecule has 1 aliphatic rings. The van der Waals surface area contributed by atoms with Crippen LogP contribution in [0.5, 0.6) is 5.75 Å². The molecular weight excluding hydrogens is 263 g/mol. The maximum atomic E-state index is 10.4. The van der Waals surface area contributed by atoms with Crippen LogP contribution in [0.15, 0.2) is 29.9 Å². The largest absolute Gasteiger partial charge is 0.487 e. The molecule has 1 N–H and O–H groups in total. The Morgan fingerprint density at radius 1 is 1.41 bits per heavy atom. The molecule has 1 heterocycles. The summed E-state index contributed by atoms with van der Waals surface area (Å²) in [4.78, 5) is 10.4. The van der Waals surface area contributed by atoms with Crippen LogP contribution in [0.3, 0.4) is 0 Å². The second kappa shape index (κ2) is 4.82. The molecule has 0 radical (unpaired) electrons. The summed E-state index contributed by atoms with van der Waals surface area (Å²) in [5.41, 5.74) is 1.50. The van der Waals surface area contributed by atoms with Crippen molar-refractivity contribution < 1.29 is 14.6 Å². The molecule has 0 fully saturated rings. The predicted octanol–water partition coefficient (Wildman–Crippen LogP) is 3.41. The van der Waals surface area contributed by atoms with Crippen LogP contribution in [0, 0.1) is 0 Å². The molecule has 0 unspecified atom stereocenters. The molecule has 88 valence electrons. The first-order chi connectivity index (χ1) is 8.06. The van der Waals surface area contributed by atoms with E-state index in [1.165, 1.54) is 6.08 Å². The fraction of sp³-hybridized carbons (Fsp3) is 0.0833. The molecule has 1 aromatic rings. The second-order valence-electron chi connectivity index (χ2n) is 3.49. The molecule has 3 nitrogen and oxygen atoms in total. The van der Waals surface area contributed by atoms with Gasteiger partial charge in [0.05, 0.1) is 5.02 Å². The molecule has 17 heavy (non-hydrogen) atoms. The lowest BCUT2D eigenvalue weighted by Crippen LogP contribution is -2.06. The van der Waals surface area contributed by atoms with Crippen LogP contribution in [0.4, 0.5) is 0 Å². The summed E-state index contributed by atoms with van der Waals surface area (Å²) in [6.07, 6.45) is 4.35. The lowest BCUT2D eigenvalue weighted by atomic mass is 10.1. The van der Waals surface area contributed by atoms with Gasteiger partial charge in [0.2, 0.25) is 0 Å². The van der Waals surface area contributed by atoms with E-state index in [4.69, 9.17) is 33.0 Å². The third kappa shape index (κ3) is 2.81. The Labute approximate surface area is 108 Å². The molecule has 0 saturated heterocycles. The Morgan fingerprint density at radius 3 is 2.88 bits per heavy atom. The van der Waals surface area contributed by atoms with Crippen molar-refractivity contribution in [1.82, 2.24) is 0 Å². The zero-order valence-corrected chi connectivity index (χ0v) is 10.1. The van der Waals surface area contributed by atoms with Crippen molar-refractivity contribution in [2.75, 3.05) is 6.61 Å². The zero-order chi connectivity index (χ0) is 12.4. The van der Waals surface area contributed by atoms with E-state index in [9.17, 15) is 4.79 Å². The molecule has 0 spiro atoms. The van der Waals surface area contributed by atoms with Crippen molar-refractivity contribution in [2.24, 2.45) is 0 Å². The van der Waals surface area contributed by atoms with Gasteiger partial charge >= 0.3 is 5.97 Å². The minimum Gasteiger partial charge on any atom is -0.487 e. The highest BCUT2D eigenvalue weighted by atomic mass is 35.5. The molecular formula is C12H8Cl2O3. The molecule has 0 bridgehead atoms. The monoisotopic (exact) mass is 270 g/mol. The molecule has 1 aromatic carbocycles. The maximum absolute atomic E-state index is 10.4. The van der Waals surface area contributed by atoms with Crippen LogP contribution in [0.25, 0.3) is 6.08 Å². The highest BCUT2D eigenvalue weighted by molar-refractivity contribution is 6.36. The Bertz CT molecular complexity index is 533. The van der Waals surface area contributed by atoms with Gasteiger partial charge in [-0.05, 0) is 29.9 Å². The Morgan fingerprint density at radius 2 is 2.18 bits per heavy atom. The lowest BCUT2D eigenvalue weighted by molar-refractivity contribution is -0.131. The van der Waals surface area contributed by atoms with Crippen molar-refractivity contribution >= 4 is 35.2 Å². The van der Waals surface area contributed by atoms with Gasteiger partial charge < -0.3 is 9.84 Å². The minimum atomic E-state index is -0.999. The first-order valence-corrected chi connectivity index (χ1v) is 5.55. The number of hydrogen-bond acceptors (Lipinski definition) is 2. The molecule has 2 rings (SSSR count). The number of carbonyl (C=O) groups is 1. The number of ether oxygens (including phenoxy) is 1. The van der Waals surface area contributed by atoms with E-state index in [0.29, 0.717) is 15.8 Å². The van der Waals surface area contributed by atoms with E-state index in [2.05, 4.69) is 0 Å². The molecule has 1 aliphatic heterocycles. The van der Waals surface area contributed by atoms with Crippen molar-refractivity contribution in [3.05, 3.63) is 45.5 Å². The molecule has 0 aromatic heterocycles. The van der Waals surface area contributed by atoms with Crippen LogP contribution >= 0.6 is 23.2 Å². The van der Waals surface area contributed by atoms with Gasteiger partial charge in [0, 0.05) is 16.7 Å². The smallest absolute Gasteiger partial charge is 0.328 e. The van der Waals surface area contributed by atoms with Crippen molar-refractivity contribution in [3.63, 3.8) is 0 Å². The van der Waals surface area contributed by atoms with E-state index < -0.39 is 5.97 Å². The fourth-order valence-corrected chi connectivity index (χ4v) is 2.07. The van der Waals surface area contributed by atoms with Crippen molar-refractivity contribution in [3.8, 4) is 5.75 Å². The number of carboxylic acid groups (broad SMARTS) is 1. The van der Waals surface area contributed by atoms with E-state index in [1.807, 2.05) is 0 Å². The highest BCUT2D eigenvalue weighted by Gasteiger charge is 2.14. The van der Waals surface area contributed by atoms with E-state index >= 15 is 0 Å². The molecule has 0 atom stereocenters. The van der Waals surface area contributed by atoms with E-state index in [1.54, 1.807) is 18.2 Å². The SMILES string of the molecule is O=C(O)C=CC1=Cc2cc(Cl)cc(Cl)c2OC1. The predicted molar refractivity (Wildman–Crippen MR) is 66.7 cm³/mol. The first-order valence-electron chi connectivity index (χ1n) is 4.79. The van der Waals surface area contributed by atoms with E-state index in [0.717, 1.165) is 17.2 Å². The Hall–Kier alpha value is -1.45. The van der Waals surface area contributed by atoms with E-state index in [-0.39, 0.29) is 6.61 Å². The van der Waals surface area contributed by atoms with Gasteiger partial charge in [-0.15, -0.1) is 0 Å². The van der Waals surface area contributed by atoms with Crippen LogP contribution in [-0.4, -0.2) is 17.7 Å². The minimum absolute atomic E-state index is 0.290. The molecule has 0 saturated carbocycles. The third-order valence-corrected chi connectivity index (χ3v) is 2.70. The number of fused-ring (bicyclic) bond motifs is 1. The second-order valence-corrected chi connectivity index (χ2v) is 4.33. The lowest BCUT2D eigenvalue weighted by Gasteiger charge is -2.17. The van der Waals surface area contributed by atoms with Gasteiger partial charge in [-0.1, -0.05) is 23.2 Å². The van der Waals surface area contributed by atoms with Crippen LogP contribution in [-0.2, 0) is 4.79 Å². The number of carboxylic acids is 1. The van der Waals surface area contributed by atoms with Crippen LogP contribution in [0.1, 0.15) is 5.56 Å². The number of aliphatic carboxylic acids is 1. The van der Waals surface area contributed by atoms with Crippen molar-refractivity contribution in [1.29, 1.82) is 0 Å². The summed E-state index contributed by atoms with van der Waals surface area (Å²) < 4.78 is 5.45. The average molecular weight is 271 g/mol. The molecule has 0 amide bonds. The number of benzene rings is 1. The summed E-state index contributed by atoms with van der Waals surface area (Å²) in [7, 11) is 0. The summed E-state index contributed by atoms with van der Waals surface area (Å²) in [5.74, 6) is -0.427. The summed E-state index contributed by atoms with van der Waals surface area (Å²) in [6, 6.07) is 3.32. The third-order valence-electron chi connectivity index (χ3n) is 2.20. The van der Waals surface area contributed by atoms with Gasteiger partial charge in [-0.25, -0.2) is 4.79 Å².